The highest BCUT2D eigenvalue weighted by Gasteiger charge is 2.45. The second-order valence-electron chi connectivity index (χ2n) is 10.7. The molecule has 0 radical (unpaired) electrons. The summed E-state index contributed by atoms with van der Waals surface area (Å²) in [6, 6.07) is 7.79. The van der Waals surface area contributed by atoms with Crippen LogP contribution >= 0.6 is 0 Å². The van der Waals surface area contributed by atoms with Gasteiger partial charge in [0.15, 0.2) is 5.79 Å². The zero-order valence-corrected chi connectivity index (χ0v) is 22.4. The molecule has 0 saturated carbocycles. The molecule has 0 spiro atoms. The fraction of sp³-hybridized carbons (Fsp3) is 0.793. The Morgan fingerprint density at radius 3 is 2.03 bits per heavy atom. The molecular formula is C29H50O5. The smallest absolute Gasteiger partial charge is 0.163 e. The van der Waals surface area contributed by atoms with Gasteiger partial charge in [0.25, 0.3) is 0 Å². The second-order valence-corrected chi connectivity index (χ2v) is 10.7. The minimum atomic E-state index is -0.651. The summed E-state index contributed by atoms with van der Waals surface area (Å²) in [6.45, 7) is 8.84. The number of benzene rings is 1. The highest BCUT2D eigenvalue weighted by Crippen LogP contribution is 2.34. The molecular weight excluding hydrogens is 428 g/mol. The van der Waals surface area contributed by atoms with E-state index in [0.717, 1.165) is 30.1 Å². The quantitative estimate of drug-likeness (QED) is 0.229. The third-order valence-electron chi connectivity index (χ3n) is 6.66. The third kappa shape index (κ3) is 11.1. The zero-order chi connectivity index (χ0) is 24.8. The molecule has 1 N–H and O–H groups in total. The Morgan fingerprint density at radius 2 is 1.47 bits per heavy atom. The number of hydrogen-bond donors (Lipinski definition) is 1. The summed E-state index contributed by atoms with van der Waals surface area (Å²) in [5.41, 5.74) is 1.04. The molecule has 196 valence electrons. The summed E-state index contributed by atoms with van der Waals surface area (Å²) in [5.74, 6) is 1.01. The van der Waals surface area contributed by atoms with Gasteiger partial charge in [0.05, 0.1) is 26.4 Å². The summed E-state index contributed by atoms with van der Waals surface area (Å²) in [7, 11) is 1.66. The highest BCUT2D eigenvalue weighted by molar-refractivity contribution is 5.26. The van der Waals surface area contributed by atoms with Gasteiger partial charge in [-0.25, -0.2) is 0 Å². The number of ether oxygens (including phenoxy) is 4. The van der Waals surface area contributed by atoms with Gasteiger partial charge in [-0.2, -0.15) is 0 Å². The van der Waals surface area contributed by atoms with Gasteiger partial charge in [-0.05, 0) is 43.9 Å². The van der Waals surface area contributed by atoms with Crippen molar-refractivity contribution in [3.63, 3.8) is 0 Å². The van der Waals surface area contributed by atoms with Crippen molar-refractivity contribution in [1.29, 1.82) is 0 Å². The SMILES string of the molecule is COc1ccc(CO[C@H](CO)[C@@H]2OC(C)(C)O[C@@H]2CCCCCCCCCCCC(C)C)cc1. The van der Waals surface area contributed by atoms with Gasteiger partial charge in [-0.15, -0.1) is 0 Å². The maximum Gasteiger partial charge on any atom is 0.163 e. The van der Waals surface area contributed by atoms with Crippen molar-refractivity contribution in [2.24, 2.45) is 5.92 Å². The van der Waals surface area contributed by atoms with Crippen molar-refractivity contribution in [2.75, 3.05) is 13.7 Å². The minimum Gasteiger partial charge on any atom is -0.497 e. The standard InChI is InChI=1S/C29H50O5/c1-23(2)15-13-11-9-7-6-8-10-12-14-16-26-28(34-29(3,4)33-26)27(21-30)32-22-24-17-19-25(31-5)20-18-24/h17-20,23,26-28,30H,6-16,21-22H2,1-5H3/t26-,27-,28-/m1/s1. The van der Waals surface area contributed by atoms with E-state index >= 15 is 0 Å². The van der Waals surface area contributed by atoms with Crippen molar-refractivity contribution in [3.8, 4) is 5.75 Å². The van der Waals surface area contributed by atoms with E-state index in [4.69, 9.17) is 18.9 Å². The summed E-state index contributed by atoms with van der Waals surface area (Å²) in [5, 5.41) is 10.0. The Kier molecular flexibility index (Phi) is 13.5. The fourth-order valence-electron chi connectivity index (χ4n) is 4.71. The van der Waals surface area contributed by atoms with Crippen LogP contribution in [0, 0.1) is 5.92 Å². The van der Waals surface area contributed by atoms with Crippen molar-refractivity contribution in [2.45, 2.75) is 129 Å². The van der Waals surface area contributed by atoms with Gasteiger partial charge in [0.2, 0.25) is 0 Å². The van der Waals surface area contributed by atoms with E-state index in [9.17, 15) is 5.11 Å². The highest BCUT2D eigenvalue weighted by atomic mass is 16.8. The molecule has 1 saturated heterocycles. The molecule has 0 unspecified atom stereocenters. The molecule has 1 aromatic carbocycles. The van der Waals surface area contributed by atoms with Crippen molar-refractivity contribution < 1.29 is 24.1 Å². The molecule has 1 aliphatic heterocycles. The molecule has 1 aliphatic rings. The Bertz CT molecular complexity index is 642. The first-order valence-electron chi connectivity index (χ1n) is 13.6. The van der Waals surface area contributed by atoms with Crippen LogP contribution in [0.3, 0.4) is 0 Å². The van der Waals surface area contributed by atoms with Crippen LogP contribution in [0.4, 0.5) is 0 Å². The van der Waals surface area contributed by atoms with E-state index in [1.165, 1.54) is 57.8 Å². The van der Waals surface area contributed by atoms with E-state index in [0.29, 0.717) is 6.61 Å². The lowest BCUT2D eigenvalue weighted by atomic mass is 10.00. The van der Waals surface area contributed by atoms with Crippen LogP contribution in [0.15, 0.2) is 24.3 Å². The van der Waals surface area contributed by atoms with Crippen LogP contribution < -0.4 is 4.74 Å². The summed E-state index contributed by atoms with van der Waals surface area (Å²) in [6.07, 6.45) is 13.4. The number of methoxy groups -OCH3 is 1. The largest absolute Gasteiger partial charge is 0.497 e. The van der Waals surface area contributed by atoms with Gasteiger partial charge in [-0.1, -0.05) is 90.2 Å². The van der Waals surface area contributed by atoms with E-state index in [-0.39, 0.29) is 18.8 Å². The number of hydrogen-bond acceptors (Lipinski definition) is 5. The number of unbranched alkanes of at least 4 members (excludes halogenated alkanes) is 8. The van der Waals surface area contributed by atoms with Gasteiger partial charge < -0.3 is 24.1 Å². The van der Waals surface area contributed by atoms with Gasteiger partial charge in [0.1, 0.15) is 18.0 Å². The van der Waals surface area contributed by atoms with Crippen LogP contribution in [0.25, 0.3) is 0 Å². The predicted octanol–water partition coefficient (Wildman–Crippen LogP) is 7.04. The van der Waals surface area contributed by atoms with E-state index < -0.39 is 11.9 Å². The van der Waals surface area contributed by atoms with Crippen LogP contribution in [-0.2, 0) is 20.8 Å². The molecule has 2 rings (SSSR count). The molecule has 0 aliphatic carbocycles. The lowest BCUT2D eigenvalue weighted by Gasteiger charge is -2.25. The van der Waals surface area contributed by atoms with E-state index in [1.807, 2.05) is 38.1 Å². The average molecular weight is 479 g/mol. The molecule has 1 aromatic rings. The lowest BCUT2D eigenvalue weighted by molar-refractivity contribution is -0.164. The number of aliphatic hydroxyl groups excluding tert-OH is 1. The van der Waals surface area contributed by atoms with Crippen molar-refractivity contribution in [1.82, 2.24) is 0 Å². The molecule has 5 nitrogen and oxygen atoms in total. The van der Waals surface area contributed by atoms with Crippen molar-refractivity contribution >= 4 is 0 Å². The molecule has 1 heterocycles. The molecule has 5 heteroatoms. The van der Waals surface area contributed by atoms with Crippen molar-refractivity contribution in [3.05, 3.63) is 29.8 Å². The Morgan fingerprint density at radius 1 is 0.882 bits per heavy atom. The monoisotopic (exact) mass is 478 g/mol. The van der Waals surface area contributed by atoms with Crippen LogP contribution in [0.2, 0.25) is 0 Å². The second kappa shape index (κ2) is 15.8. The third-order valence-corrected chi connectivity index (χ3v) is 6.66. The first-order valence-corrected chi connectivity index (χ1v) is 13.6. The van der Waals surface area contributed by atoms with Gasteiger partial charge in [0, 0.05) is 0 Å². The lowest BCUT2D eigenvalue weighted by Crippen LogP contribution is -2.39. The van der Waals surface area contributed by atoms with Crippen LogP contribution in [0.1, 0.15) is 104 Å². The summed E-state index contributed by atoms with van der Waals surface area (Å²) in [4.78, 5) is 0. The zero-order valence-electron chi connectivity index (χ0n) is 22.4. The summed E-state index contributed by atoms with van der Waals surface area (Å²) >= 11 is 0. The Hall–Kier alpha value is -1.14. The Balaban J connectivity index is 1.67. The first kappa shape index (κ1) is 29.1. The normalized spacial score (nSPS) is 20.7. The average Bonchev–Trinajstić information content (AvgIpc) is 3.12. The molecule has 0 bridgehead atoms. The molecule has 1 fully saturated rings. The Labute approximate surface area is 208 Å². The molecule has 3 atom stereocenters. The predicted molar refractivity (Wildman–Crippen MR) is 138 cm³/mol. The van der Waals surface area contributed by atoms with Gasteiger partial charge in [-0.3, -0.25) is 0 Å². The van der Waals surface area contributed by atoms with Crippen LogP contribution in [-0.4, -0.2) is 42.9 Å². The minimum absolute atomic E-state index is 0.0519. The van der Waals surface area contributed by atoms with E-state index in [2.05, 4.69) is 13.8 Å². The van der Waals surface area contributed by atoms with Gasteiger partial charge >= 0.3 is 0 Å². The number of rotatable bonds is 18. The molecule has 34 heavy (non-hydrogen) atoms. The fourth-order valence-corrected chi connectivity index (χ4v) is 4.71. The maximum atomic E-state index is 10.0. The number of aliphatic hydroxyl groups is 1. The summed E-state index contributed by atoms with van der Waals surface area (Å²) < 4.78 is 23.7. The van der Waals surface area contributed by atoms with E-state index in [1.54, 1.807) is 7.11 Å². The molecule has 0 aromatic heterocycles. The van der Waals surface area contributed by atoms with Crippen LogP contribution in [0.5, 0.6) is 5.75 Å². The topological polar surface area (TPSA) is 57.2 Å². The molecule has 0 amide bonds. The maximum absolute atomic E-state index is 10.0. The first-order chi connectivity index (χ1) is 16.3.